The number of amides is 3. The molecule has 0 bridgehead atoms. The molecule has 4 rings (SSSR count). The van der Waals surface area contributed by atoms with Crippen LogP contribution in [0.15, 0.2) is 24.7 Å². The number of carbonyl (C=O) groups is 2. The standard InChI is InChI=1S/C25H35F2N9O4/c1-4-39-21-13-29-20(12-30-21)32-23(37)35(3)18-15-36(11-8-25(18,26)27)22-28-9-7-19(31-22)33-24(38)40-16-17-6-5-10-34(2)14-17/h7,9,12-13,17-18H,4-6,8,10-11,14-16H2,1-3H3,(H,29,32,37)(H,28,31,33,38)/t17-,18+/m1/s1. The van der Waals surface area contributed by atoms with E-state index in [2.05, 4.69) is 35.5 Å². The number of alkyl halides is 2. The van der Waals surface area contributed by atoms with Crippen LogP contribution in [0.1, 0.15) is 26.2 Å². The fourth-order valence-electron chi connectivity index (χ4n) is 4.73. The SMILES string of the molecule is CCOc1cnc(NC(=O)N(C)[C@H]2CN(c3nccc(NC(=O)OC[C@@H]4CCCN(C)C4)n3)CCC2(F)F)cn1. The van der Waals surface area contributed by atoms with E-state index in [0.717, 1.165) is 30.8 Å². The number of hydrogen-bond donors (Lipinski definition) is 2. The van der Waals surface area contributed by atoms with Gasteiger partial charge in [0.25, 0.3) is 5.92 Å². The van der Waals surface area contributed by atoms with E-state index in [0.29, 0.717) is 13.2 Å². The van der Waals surface area contributed by atoms with Gasteiger partial charge in [0.15, 0.2) is 5.82 Å². The first-order valence-corrected chi connectivity index (χ1v) is 13.2. The third-order valence-electron chi connectivity index (χ3n) is 6.87. The Morgan fingerprint density at radius 2 is 1.98 bits per heavy atom. The number of rotatable bonds is 8. The van der Waals surface area contributed by atoms with Crippen molar-refractivity contribution in [2.75, 3.05) is 69.0 Å². The van der Waals surface area contributed by atoms with E-state index in [1.54, 1.807) is 11.8 Å². The molecule has 2 fully saturated rings. The predicted molar refractivity (Wildman–Crippen MR) is 143 cm³/mol. The molecule has 0 unspecified atom stereocenters. The van der Waals surface area contributed by atoms with Gasteiger partial charge >= 0.3 is 12.1 Å². The maximum Gasteiger partial charge on any atom is 0.412 e. The van der Waals surface area contributed by atoms with Crippen LogP contribution in [0.4, 0.5) is 36.0 Å². The van der Waals surface area contributed by atoms with Gasteiger partial charge in [-0.05, 0) is 39.4 Å². The van der Waals surface area contributed by atoms with Crippen LogP contribution in [0.25, 0.3) is 0 Å². The van der Waals surface area contributed by atoms with Gasteiger partial charge in [0.1, 0.15) is 11.9 Å². The quantitative estimate of drug-likeness (QED) is 0.493. The number of likely N-dealkylation sites (N-methyl/N-ethyl adjacent to an activating group) is 1. The summed E-state index contributed by atoms with van der Waals surface area (Å²) in [6.07, 6.45) is 4.94. The van der Waals surface area contributed by atoms with Crippen LogP contribution in [0, 0.1) is 5.92 Å². The van der Waals surface area contributed by atoms with Crippen molar-refractivity contribution in [2.45, 2.75) is 38.2 Å². The fourth-order valence-corrected chi connectivity index (χ4v) is 4.73. The molecule has 2 N–H and O–H groups in total. The highest BCUT2D eigenvalue weighted by molar-refractivity contribution is 5.88. The van der Waals surface area contributed by atoms with Gasteiger partial charge in [-0.3, -0.25) is 10.6 Å². The third-order valence-corrected chi connectivity index (χ3v) is 6.87. The second-order valence-electron chi connectivity index (χ2n) is 9.92. The summed E-state index contributed by atoms with van der Waals surface area (Å²) >= 11 is 0. The summed E-state index contributed by atoms with van der Waals surface area (Å²) in [5.74, 6) is -2.16. The van der Waals surface area contributed by atoms with Crippen LogP contribution in [0.2, 0.25) is 0 Å². The van der Waals surface area contributed by atoms with E-state index in [9.17, 15) is 18.4 Å². The number of hydrogen-bond acceptors (Lipinski definition) is 10. The molecular formula is C25H35F2N9O4. The number of piperidine rings is 2. The van der Waals surface area contributed by atoms with Gasteiger partial charge in [-0.2, -0.15) is 4.98 Å². The Hall–Kier alpha value is -3.88. The molecule has 0 radical (unpaired) electrons. The Morgan fingerprint density at radius 1 is 1.15 bits per heavy atom. The zero-order valence-corrected chi connectivity index (χ0v) is 22.8. The van der Waals surface area contributed by atoms with Crippen molar-refractivity contribution >= 4 is 29.7 Å². The summed E-state index contributed by atoms with van der Waals surface area (Å²) in [6.45, 7) is 4.14. The molecule has 0 aromatic carbocycles. The lowest BCUT2D eigenvalue weighted by Gasteiger charge is -2.42. The largest absolute Gasteiger partial charge is 0.477 e. The van der Waals surface area contributed by atoms with Gasteiger partial charge in [0.05, 0.1) is 25.6 Å². The number of nitrogens with zero attached hydrogens (tertiary/aromatic N) is 7. The Balaban J connectivity index is 1.35. The molecule has 2 aliphatic rings. The summed E-state index contributed by atoms with van der Waals surface area (Å²) < 4.78 is 40.5. The fraction of sp³-hybridized carbons (Fsp3) is 0.600. The zero-order chi connectivity index (χ0) is 28.7. The van der Waals surface area contributed by atoms with Crippen molar-refractivity contribution in [2.24, 2.45) is 5.92 Å². The van der Waals surface area contributed by atoms with Crippen molar-refractivity contribution < 1.29 is 27.8 Å². The monoisotopic (exact) mass is 563 g/mol. The molecule has 0 spiro atoms. The first kappa shape index (κ1) is 29.1. The number of urea groups is 1. The number of nitrogens with one attached hydrogen (secondary N) is 2. The van der Waals surface area contributed by atoms with E-state index in [-0.39, 0.29) is 42.5 Å². The number of anilines is 3. The van der Waals surface area contributed by atoms with Crippen LogP contribution in [0.3, 0.4) is 0 Å². The average Bonchev–Trinajstić information content (AvgIpc) is 2.93. The summed E-state index contributed by atoms with van der Waals surface area (Å²) in [5, 5.41) is 5.06. The van der Waals surface area contributed by atoms with Crippen molar-refractivity contribution in [3.05, 3.63) is 24.7 Å². The Bertz CT molecular complexity index is 1160. The minimum Gasteiger partial charge on any atom is -0.477 e. The minimum absolute atomic E-state index is 0.0353. The molecule has 0 aliphatic carbocycles. The van der Waals surface area contributed by atoms with Crippen LogP contribution in [-0.2, 0) is 4.74 Å². The van der Waals surface area contributed by atoms with Crippen LogP contribution >= 0.6 is 0 Å². The lowest BCUT2D eigenvalue weighted by atomic mass is 10.00. The predicted octanol–water partition coefficient (Wildman–Crippen LogP) is 2.93. The molecule has 4 heterocycles. The maximum absolute atomic E-state index is 14.9. The van der Waals surface area contributed by atoms with Gasteiger partial charge in [-0.1, -0.05) is 0 Å². The summed E-state index contributed by atoms with van der Waals surface area (Å²) in [5.41, 5.74) is 0. The number of ether oxygens (including phenoxy) is 2. The maximum atomic E-state index is 14.9. The highest BCUT2D eigenvalue weighted by atomic mass is 19.3. The van der Waals surface area contributed by atoms with Gasteiger partial charge in [0, 0.05) is 45.2 Å². The third kappa shape index (κ3) is 7.61. The summed E-state index contributed by atoms with van der Waals surface area (Å²) in [6, 6.07) is -0.754. The van der Waals surface area contributed by atoms with Gasteiger partial charge in [-0.25, -0.2) is 33.3 Å². The molecule has 13 nitrogen and oxygen atoms in total. The summed E-state index contributed by atoms with van der Waals surface area (Å²) in [7, 11) is 3.33. The van der Waals surface area contributed by atoms with Crippen molar-refractivity contribution in [3.63, 3.8) is 0 Å². The zero-order valence-electron chi connectivity index (χ0n) is 22.8. The van der Waals surface area contributed by atoms with E-state index >= 15 is 0 Å². The van der Waals surface area contributed by atoms with Crippen molar-refractivity contribution in [1.29, 1.82) is 0 Å². The second kappa shape index (κ2) is 13.0. The number of aromatic nitrogens is 4. The van der Waals surface area contributed by atoms with Crippen LogP contribution in [-0.4, -0.2) is 107 Å². The molecular weight excluding hydrogens is 528 g/mol. The first-order chi connectivity index (χ1) is 19.1. The molecule has 3 amide bonds. The molecule has 0 saturated carbocycles. The van der Waals surface area contributed by atoms with Crippen LogP contribution in [0.5, 0.6) is 5.88 Å². The molecule has 15 heteroatoms. The lowest BCUT2D eigenvalue weighted by molar-refractivity contribution is -0.0760. The van der Waals surface area contributed by atoms with Gasteiger partial charge < -0.3 is 24.2 Å². The van der Waals surface area contributed by atoms with Gasteiger partial charge in [-0.15, -0.1) is 0 Å². The Kier molecular flexibility index (Phi) is 9.45. The highest BCUT2D eigenvalue weighted by Gasteiger charge is 2.48. The second-order valence-corrected chi connectivity index (χ2v) is 9.92. The molecule has 218 valence electrons. The smallest absolute Gasteiger partial charge is 0.412 e. The van der Waals surface area contributed by atoms with E-state index in [1.807, 2.05) is 7.05 Å². The van der Waals surface area contributed by atoms with Crippen molar-refractivity contribution in [3.8, 4) is 5.88 Å². The molecule has 40 heavy (non-hydrogen) atoms. The first-order valence-electron chi connectivity index (χ1n) is 13.2. The normalized spacial score (nSPS) is 20.9. The molecule has 2 aromatic rings. The minimum atomic E-state index is -3.15. The van der Waals surface area contributed by atoms with Crippen LogP contribution < -0.4 is 20.3 Å². The number of likely N-dealkylation sites (tertiary alicyclic amines) is 1. The molecule has 2 saturated heterocycles. The van der Waals surface area contributed by atoms with Crippen molar-refractivity contribution in [1.82, 2.24) is 29.7 Å². The number of carbonyl (C=O) groups excluding carboxylic acids is 2. The molecule has 2 aliphatic heterocycles. The lowest BCUT2D eigenvalue weighted by Crippen LogP contribution is -2.60. The average molecular weight is 564 g/mol. The highest BCUT2D eigenvalue weighted by Crippen LogP contribution is 2.33. The van der Waals surface area contributed by atoms with Gasteiger partial charge in [0.2, 0.25) is 11.8 Å². The molecule has 2 atom stereocenters. The Morgan fingerprint density at radius 3 is 2.70 bits per heavy atom. The van der Waals surface area contributed by atoms with E-state index < -0.39 is 30.5 Å². The topological polar surface area (TPSA) is 138 Å². The molecule has 2 aromatic heterocycles. The Labute approximate surface area is 231 Å². The van der Waals surface area contributed by atoms with E-state index in [4.69, 9.17) is 9.47 Å². The summed E-state index contributed by atoms with van der Waals surface area (Å²) in [4.78, 5) is 46.4. The number of halogens is 2. The van der Waals surface area contributed by atoms with E-state index in [1.165, 1.54) is 31.7 Å².